The van der Waals surface area contributed by atoms with Gasteiger partial charge >= 0.3 is 0 Å². The Hall–Kier alpha value is -2.70. The molecule has 0 saturated carbocycles. The van der Waals surface area contributed by atoms with Crippen molar-refractivity contribution in [3.05, 3.63) is 58.6 Å². The number of nitrogens with zero attached hydrogens (tertiary/aromatic N) is 1. The van der Waals surface area contributed by atoms with Crippen molar-refractivity contribution in [3.8, 4) is 0 Å². The lowest BCUT2D eigenvalue weighted by atomic mass is 9.75. The van der Waals surface area contributed by atoms with Crippen LogP contribution in [-0.4, -0.2) is 30.3 Å². The summed E-state index contributed by atoms with van der Waals surface area (Å²) < 4.78 is 0. The van der Waals surface area contributed by atoms with E-state index in [1.54, 1.807) is 24.3 Å². The molecule has 1 spiro atoms. The van der Waals surface area contributed by atoms with Crippen LogP contribution in [0.25, 0.3) is 0 Å². The number of hydrogen-bond donors (Lipinski definition) is 2. The van der Waals surface area contributed by atoms with Crippen LogP contribution in [0.1, 0.15) is 24.0 Å². The minimum absolute atomic E-state index is 0.0452. The van der Waals surface area contributed by atoms with Gasteiger partial charge in [-0.1, -0.05) is 35.4 Å². The summed E-state index contributed by atoms with van der Waals surface area (Å²) in [4.78, 5) is 43.3. The molecule has 30 heavy (non-hydrogen) atoms. The number of carbonyl (C=O) groups is 3. The Morgan fingerprint density at radius 1 is 1.13 bits per heavy atom. The second kappa shape index (κ2) is 5.93. The zero-order valence-electron chi connectivity index (χ0n) is 16.4. The molecule has 7 heteroatoms. The van der Waals surface area contributed by atoms with Gasteiger partial charge in [-0.3, -0.25) is 14.4 Å². The van der Waals surface area contributed by atoms with Crippen LogP contribution in [0.5, 0.6) is 0 Å². The number of anilines is 2. The van der Waals surface area contributed by atoms with Gasteiger partial charge in [0.2, 0.25) is 17.4 Å². The molecule has 2 aromatic rings. The molecule has 0 bridgehead atoms. The third-order valence-electron chi connectivity index (χ3n) is 7.47. The lowest BCUT2D eigenvalue weighted by Crippen LogP contribution is -3.19. The van der Waals surface area contributed by atoms with Crippen molar-refractivity contribution >= 4 is 40.7 Å². The number of hydrogen-bond acceptors (Lipinski definition) is 3. The second-order valence-electron chi connectivity index (χ2n) is 8.80. The molecule has 6 nitrogen and oxygen atoms in total. The van der Waals surface area contributed by atoms with E-state index in [1.165, 1.54) is 4.90 Å². The second-order valence-corrected chi connectivity index (χ2v) is 9.21. The summed E-state index contributed by atoms with van der Waals surface area (Å²) in [6, 6.07) is 12.7. The van der Waals surface area contributed by atoms with E-state index < -0.39 is 17.4 Å². The maximum Gasteiger partial charge on any atom is 0.291 e. The Morgan fingerprint density at radius 3 is 2.73 bits per heavy atom. The Balaban J connectivity index is 1.58. The number of nitrogens with one attached hydrogen (secondary N) is 2. The van der Waals surface area contributed by atoms with Gasteiger partial charge in [-0.25, -0.2) is 4.90 Å². The summed E-state index contributed by atoms with van der Waals surface area (Å²) in [5, 5.41) is 3.37. The number of quaternary nitrogens is 1. The van der Waals surface area contributed by atoms with Crippen molar-refractivity contribution < 1.29 is 19.3 Å². The zero-order chi connectivity index (χ0) is 20.8. The van der Waals surface area contributed by atoms with Gasteiger partial charge in [0.25, 0.3) is 5.91 Å². The average molecular weight is 423 g/mol. The van der Waals surface area contributed by atoms with Crippen molar-refractivity contribution in [1.82, 2.24) is 0 Å². The fourth-order valence-electron chi connectivity index (χ4n) is 6.44. The van der Waals surface area contributed by atoms with Crippen molar-refractivity contribution in [1.29, 1.82) is 0 Å². The Bertz CT molecular complexity index is 1150. The molecule has 3 fully saturated rings. The van der Waals surface area contributed by atoms with Gasteiger partial charge in [0, 0.05) is 18.4 Å². The van der Waals surface area contributed by atoms with Gasteiger partial charge in [-0.15, -0.1) is 0 Å². The van der Waals surface area contributed by atoms with E-state index in [2.05, 4.69) is 5.32 Å². The van der Waals surface area contributed by atoms with E-state index in [1.807, 2.05) is 25.1 Å². The number of fused-ring (bicyclic) bond motifs is 7. The van der Waals surface area contributed by atoms with Crippen molar-refractivity contribution in [2.45, 2.75) is 31.3 Å². The maximum absolute atomic E-state index is 13.8. The molecule has 6 rings (SSSR count). The van der Waals surface area contributed by atoms with Gasteiger partial charge in [0.1, 0.15) is 17.9 Å². The molecule has 4 aliphatic rings. The number of halogens is 1. The third-order valence-corrected chi connectivity index (χ3v) is 7.79. The van der Waals surface area contributed by atoms with Gasteiger partial charge < -0.3 is 10.2 Å². The fourth-order valence-corrected chi connectivity index (χ4v) is 6.66. The molecule has 0 aliphatic carbocycles. The Kier molecular flexibility index (Phi) is 3.58. The highest BCUT2D eigenvalue weighted by atomic mass is 35.5. The average Bonchev–Trinajstić information content (AvgIpc) is 3.42. The van der Waals surface area contributed by atoms with Gasteiger partial charge in [0.15, 0.2) is 0 Å². The number of para-hydroxylation sites is 1. The molecule has 4 heterocycles. The summed E-state index contributed by atoms with van der Waals surface area (Å²) in [6.45, 7) is 2.77. The highest BCUT2D eigenvalue weighted by Gasteiger charge is 2.78. The summed E-state index contributed by atoms with van der Waals surface area (Å²) in [7, 11) is 0. The smallest absolute Gasteiger partial charge is 0.291 e. The van der Waals surface area contributed by atoms with Gasteiger partial charge in [-0.05, 0) is 31.2 Å². The van der Waals surface area contributed by atoms with E-state index in [0.717, 1.165) is 41.1 Å². The predicted octanol–water partition coefficient (Wildman–Crippen LogP) is 1.66. The van der Waals surface area contributed by atoms with E-state index >= 15 is 0 Å². The molecular weight excluding hydrogens is 402 g/mol. The molecule has 152 valence electrons. The first-order valence-corrected chi connectivity index (χ1v) is 10.7. The van der Waals surface area contributed by atoms with Crippen molar-refractivity contribution in [2.75, 3.05) is 16.8 Å². The first kappa shape index (κ1) is 18.1. The van der Waals surface area contributed by atoms with Gasteiger partial charge in [-0.2, -0.15) is 0 Å². The molecule has 3 amide bonds. The number of carbonyl (C=O) groups excluding carboxylic acids is 3. The SMILES string of the molecule is Cc1ccc2c(c1)[C@@]1(C(=O)N2)[C@@H]2C(=O)N(c3ccccc3Cl)C(=O)[C@@H]2[C@@H]2CCC[NH+]21. The summed E-state index contributed by atoms with van der Waals surface area (Å²) in [5.74, 6) is -1.94. The van der Waals surface area contributed by atoms with Crippen LogP contribution in [0, 0.1) is 18.8 Å². The number of aryl methyl sites for hydroxylation is 1. The molecule has 3 saturated heterocycles. The summed E-state index contributed by atoms with van der Waals surface area (Å²) in [6.07, 6.45) is 1.77. The summed E-state index contributed by atoms with van der Waals surface area (Å²) >= 11 is 6.35. The largest absolute Gasteiger partial charge is 0.320 e. The number of imide groups is 1. The molecule has 1 unspecified atom stereocenters. The molecule has 0 radical (unpaired) electrons. The van der Waals surface area contributed by atoms with Crippen LogP contribution in [0.4, 0.5) is 11.4 Å². The number of benzene rings is 2. The van der Waals surface area contributed by atoms with E-state index in [0.29, 0.717) is 10.7 Å². The maximum atomic E-state index is 13.8. The Morgan fingerprint density at radius 2 is 1.93 bits per heavy atom. The Labute approximate surface area is 178 Å². The third kappa shape index (κ3) is 1.96. The standard InChI is InChI=1S/C23H20ClN3O3/c1-12-8-9-15-13(11-12)23(22(30)25-15)19-18(17-7-4-10-26(17)23)20(28)27(21(19)29)16-6-3-2-5-14(16)24/h2-3,5-6,8-9,11,17-19H,4,7,10H2,1H3,(H,25,30)/p+1/t17-,18+,19-,23-/m0/s1. The zero-order valence-corrected chi connectivity index (χ0v) is 17.2. The quantitative estimate of drug-likeness (QED) is 0.687. The topological polar surface area (TPSA) is 70.9 Å². The van der Waals surface area contributed by atoms with Gasteiger partial charge in [0.05, 0.1) is 22.9 Å². The fraction of sp³-hybridized carbons (Fsp3) is 0.348. The summed E-state index contributed by atoms with van der Waals surface area (Å²) in [5.41, 5.74) is 1.98. The molecule has 5 atom stereocenters. The minimum Gasteiger partial charge on any atom is -0.320 e. The number of amides is 3. The van der Waals surface area contributed by atoms with Crippen LogP contribution in [-0.2, 0) is 19.9 Å². The number of rotatable bonds is 1. The van der Waals surface area contributed by atoms with E-state index in [-0.39, 0.29) is 23.8 Å². The van der Waals surface area contributed by atoms with Crippen molar-refractivity contribution in [3.63, 3.8) is 0 Å². The molecule has 4 aliphatic heterocycles. The minimum atomic E-state index is -1.06. The van der Waals surface area contributed by atoms with Crippen LogP contribution >= 0.6 is 11.6 Å². The molecule has 0 aromatic heterocycles. The molecule has 2 N–H and O–H groups in total. The van der Waals surface area contributed by atoms with Crippen LogP contribution in [0.3, 0.4) is 0 Å². The first-order chi connectivity index (χ1) is 14.5. The lowest BCUT2D eigenvalue weighted by molar-refractivity contribution is -0.948. The van der Waals surface area contributed by atoms with Crippen LogP contribution in [0.2, 0.25) is 5.02 Å². The predicted molar refractivity (Wildman–Crippen MR) is 111 cm³/mol. The van der Waals surface area contributed by atoms with Crippen LogP contribution < -0.4 is 15.1 Å². The lowest BCUT2D eigenvalue weighted by Gasteiger charge is -2.33. The highest BCUT2D eigenvalue weighted by molar-refractivity contribution is 6.36. The first-order valence-electron chi connectivity index (χ1n) is 10.4. The monoisotopic (exact) mass is 422 g/mol. The van der Waals surface area contributed by atoms with Crippen LogP contribution in [0.15, 0.2) is 42.5 Å². The normalized spacial score (nSPS) is 33.8. The molecular formula is C23H21ClN3O3+. The van der Waals surface area contributed by atoms with Crippen molar-refractivity contribution in [2.24, 2.45) is 11.8 Å². The van der Waals surface area contributed by atoms with E-state index in [4.69, 9.17) is 11.6 Å². The van der Waals surface area contributed by atoms with E-state index in [9.17, 15) is 14.4 Å². The highest BCUT2D eigenvalue weighted by Crippen LogP contribution is 2.52. The molecule has 2 aromatic carbocycles.